The molecule has 0 aliphatic heterocycles. The topological polar surface area (TPSA) is 50.2 Å². The van der Waals surface area contributed by atoms with Gasteiger partial charge in [0.05, 0.1) is 11.3 Å². The van der Waals surface area contributed by atoms with E-state index < -0.39 is 5.97 Å². The van der Waals surface area contributed by atoms with Crippen molar-refractivity contribution in [1.82, 2.24) is 4.98 Å². The Hall–Kier alpha value is -1.35. The van der Waals surface area contributed by atoms with Crippen LogP contribution in [0.25, 0.3) is 6.08 Å². The summed E-state index contributed by atoms with van der Waals surface area (Å²) >= 11 is 0. The zero-order chi connectivity index (χ0) is 8.55. The monoisotopic (exact) mass is 197 g/mol. The predicted molar refractivity (Wildman–Crippen MR) is 51.2 cm³/mol. The third-order valence-corrected chi connectivity index (χ3v) is 1.86. The fraction of sp³-hybridized carbons (Fsp3) is 0.111. The number of halogens is 1. The quantitative estimate of drug-likeness (QED) is 0.747. The summed E-state index contributed by atoms with van der Waals surface area (Å²) in [5.74, 6) is -0.919. The van der Waals surface area contributed by atoms with Crippen molar-refractivity contribution in [1.29, 1.82) is 0 Å². The minimum atomic E-state index is -0.919. The molecule has 1 aromatic heterocycles. The van der Waals surface area contributed by atoms with Gasteiger partial charge in [0.25, 0.3) is 0 Å². The summed E-state index contributed by atoms with van der Waals surface area (Å²) < 4.78 is 0. The summed E-state index contributed by atoms with van der Waals surface area (Å²) in [4.78, 5) is 14.6. The van der Waals surface area contributed by atoms with Gasteiger partial charge in [-0.25, -0.2) is 4.79 Å². The van der Waals surface area contributed by atoms with Gasteiger partial charge in [0.15, 0.2) is 0 Å². The Kier molecular flexibility index (Phi) is 2.68. The lowest BCUT2D eigenvalue weighted by Crippen LogP contribution is -1.99. The van der Waals surface area contributed by atoms with Gasteiger partial charge in [-0.15, -0.1) is 12.4 Å². The molecule has 68 valence electrons. The number of aromatic carboxylic acids is 1. The smallest absolute Gasteiger partial charge is 0.337 e. The fourth-order valence-electron chi connectivity index (χ4n) is 1.25. The number of nitrogens with zero attached hydrogens (tertiary/aromatic N) is 1. The van der Waals surface area contributed by atoms with Crippen molar-refractivity contribution in [2.24, 2.45) is 0 Å². The lowest BCUT2D eigenvalue weighted by atomic mass is 10.1. The third kappa shape index (κ3) is 1.70. The number of rotatable bonds is 1. The highest BCUT2D eigenvalue weighted by Crippen LogP contribution is 2.17. The zero-order valence-corrected chi connectivity index (χ0v) is 7.54. The third-order valence-electron chi connectivity index (χ3n) is 1.86. The van der Waals surface area contributed by atoms with E-state index in [1.54, 1.807) is 6.07 Å². The summed E-state index contributed by atoms with van der Waals surface area (Å²) in [6.07, 6.45) is 6.06. The molecule has 0 spiro atoms. The molecule has 4 heteroatoms. The van der Waals surface area contributed by atoms with Crippen molar-refractivity contribution in [3.8, 4) is 0 Å². The SMILES string of the molecule is Cl.O=C(O)c1cnc2c(c1)CC=C2. The van der Waals surface area contributed by atoms with Crippen molar-refractivity contribution in [3.63, 3.8) is 0 Å². The Morgan fingerprint density at radius 1 is 1.54 bits per heavy atom. The molecule has 0 radical (unpaired) electrons. The number of carbonyl (C=O) groups is 1. The summed E-state index contributed by atoms with van der Waals surface area (Å²) in [6, 6.07) is 1.67. The van der Waals surface area contributed by atoms with Crippen LogP contribution in [0.15, 0.2) is 18.3 Å². The highest BCUT2D eigenvalue weighted by atomic mass is 35.5. The van der Waals surface area contributed by atoms with Gasteiger partial charge < -0.3 is 5.11 Å². The highest BCUT2D eigenvalue weighted by Gasteiger charge is 2.10. The molecule has 2 rings (SSSR count). The van der Waals surface area contributed by atoms with Crippen molar-refractivity contribution < 1.29 is 9.90 Å². The van der Waals surface area contributed by atoms with Crippen LogP contribution in [0.1, 0.15) is 21.6 Å². The van der Waals surface area contributed by atoms with Crippen LogP contribution in [-0.2, 0) is 6.42 Å². The molecule has 1 heterocycles. The van der Waals surface area contributed by atoms with Crippen LogP contribution in [0.2, 0.25) is 0 Å². The average molecular weight is 198 g/mol. The Labute approximate surface area is 81.5 Å². The van der Waals surface area contributed by atoms with Crippen LogP contribution in [-0.4, -0.2) is 16.1 Å². The predicted octanol–water partition coefficient (Wildman–Crippen LogP) is 1.77. The van der Waals surface area contributed by atoms with Gasteiger partial charge in [-0.05, 0) is 24.1 Å². The minimum Gasteiger partial charge on any atom is -0.478 e. The first-order valence-electron chi connectivity index (χ1n) is 3.66. The number of fused-ring (bicyclic) bond motifs is 1. The number of allylic oxidation sites excluding steroid dienone is 1. The first kappa shape index (κ1) is 9.74. The summed E-state index contributed by atoms with van der Waals surface area (Å²) in [5, 5.41) is 8.66. The molecule has 0 amide bonds. The number of hydrogen-bond donors (Lipinski definition) is 1. The van der Waals surface area contributed by atoms with E-state index in [1.807, 2.05) is 12.2 Å². The second kappa shape index (κ2) is 3.58. The van der Waals surface area contributed by atoms with Gasteiger partial charge in [0.1, 0.15) is 0 Å². The average Bonchev–Trinajstić information content (AvgIpc) is 2.49. The van der Waals surface area contributed by atoms with Gasteiger partial charge in [-0.3, -0.25) is 4.98 Å². The van der Waals surface area contributed by atoms with Crippen molar-refractivity contribution in [2.75, 3.05) is 0 Å². The second-order valence-corrected chi connectivity index (χ2v) is 2.68. The number of aromatic nitrogens is 1. The number of carboxylic acid groups (broad SMARTS) is 1. The van der Waals surface area contributed by atoms with E-state index in [-0.39, 0.29) is 18.0 Å². The van der Waals surface area contributed by atoms with E-state index in [1.165, 1.54) is 6.20 Å². The molecule has 13 heavy (non-hydrogen) atoms. The minimum absolute atomic E-state index is 0. The standard InChI is InChI=1S/C9H7NO2.ClH/c11-9(12)7-4-6-2-1-3-8(6)10-5-7;/h1,3-5H,2H2,(H,11,12);1H. The molecule has 0 unspecified atom stereocenters. The summed E-state index contributed by atoms with van der Waals surface area (Å²) in [6.45, 7) is 0. The Morgan fingerprint density at radius 2 is 2.31 bits per heavy atom. The first-order chi connectivity index (χ1) is 5.77. The van der Waals surface area contributed by atoms with Crippen LogP contribution in [0.4, 0.5) is 0 Å². The van der Waals surface area contributed by atoms with E-state index >= 15 is 0 Å². The normalized spacial score (nSPS) is 12.0. The molecule has 1 aliphatic carbocycles. The van der Waals surface area contributed by atoms with Gasteiger partial charge in [0, 0.05) is 6.20 Å². The van der Waals surface area contributed by atoms with Gasteiger partial charge in [-0.1, -0.05) is 6.08 Å². The van der Waals surface area contributed by atoms with Crippen LogP contribution < -0.4 is 0 Å². The summed E-state index contributed by atoms with van der Waals surface area (Å²) in [7, 11) is 0. The fourth-order valence-corrected chi connectivity index (χ4v) is 1.25. The molecular weight excluding hydrogens is 190 g/mol. The molecule has 0 saturated heterocycles. The molecule has 0 aromatic carbocycles. The lowest BCUT2D eigenvalue weighted by molar-refractivity contribution is 0.0696. The number of hydrogen-bond acceptors (Lipinski definition) is 2. The molecule has 1 aromatic rings. The molecule has 0 fully saturated rings. The van der Waals surface area contributed by atoms with Crippen LogP contribution in [0.5, 0.6) is 0 Å². The van der Waals surface area contributed by atoms with Crippen molar-refractivity contribution >= 4 is 24.5 Å². The van der Waals surface area contributed by atoms with Gasteiger partial charge in [0.2, 0.25) is 0 Å². The largest absolute Gasteiger partial charge is 0.478 e. The zero-order valence-electron chi connectivity index (χ0n) is 6.73. The second-order valence-electron chi connectivity index (χ2n) is 2.68. The number of pyridine rings is 1. The van der Waals surface area contributed by atoms with Gasteiger partial charge >= 0.3 is 5.97 Å². The Bertz CT molecular complexity index is 374. The van der Waals surface area contributed by atoms with Crippen molar-refractivity contribution in [2.45, 2.75) is 6.42 Å². The Balaban J connectivity index is 0.000000845. The maximum Gasteiger partial charge on any atom is 0.337 e. The van der Waals surface area contributed by atoms with Crippen molar-refractivity contribution in [3.05, 3.63) is 35.2 Å². The van der Waals surface area contributed by atoms with Crippen LogP contribution in [0.3, 0.4) is 0 Å². The van der Waals surface area contributed by atoms with E-state index in [0.717, 1.165) is 17.7 Å². The molecule has 3 nitrogen and oxygen atoms in total. The van der Waals surface area contributed by atoms with Gasteiger partial charge in [-0.2, -0.15) is 0 Å². The van der Waals surface area contributed by atoms with E-state index in [2.05, 4.69) is 4.98 Å². The van der Waals surface area contributed by atoms with E-state index in [4.69, 9.17) is 5.11 Å². The molecule has 1 N–H and O–H groups in total. The maximum absolute atomic E-state index is 10.5. The molecule has 1 aliphatic rings. The molecule has 0 bridgehead atoms. The molecular formula is C9H8ClNO2. The van der Waals surface area contributed by atoms with E-state index in [0.29, 0.717) is 0 Å². The lowest BCUT2D eigenvalue weighted by Gasteiger charge is -1.98. The Morgan fingerprint density at radius 3 is 3.00 bits per heavy atom. The van der Waals surface area contributed by atoms with Crippen LogP contribution in [0, 0.1) is 0 Å². The maximum atomic E-state index is 10.5. The van der Waals surface area contributed by atoms with Crippen LogP contribution >= 0.6 is 12.4 Å². The summed E-state index contributed by atoms with van der Waals surface area (Å²) in [5.41, 5.74) is 2.15. The first-order valence-corrected chi connectivity index (χ1v) is 3.66. The van der Waals surface area contributed by atoms with E-state index in [9.17, 15) is 4.79 Å². The number of carboxylic acids is 1. The highest BCUT2D eigenvalue weighted by molar-refractivity contribution is 5.87. The molecule has 0 saturated carbocycles. The molecule has 0 atom stereocenters.